The molecular formula is C11H16N2O4. The number of nitrogens with one attached hydrogen (secondary N) is 1. The van der Waals surface area contributed by atoms with Gasteiger partial charge in [0.15, 0.2) is 0 Å². The van der Waals surface area contributed by atoms with E-state index in [1.54, 1.807) is 19.1 Å². The highest BCUT2D eigenvalue weighted by Gasteiger charge is 2.00. The normalized spacial score (nSPS) is 8.65. The Labute approximate surface area is 99.7 Å². The highest BCUT2D eigenvalue weighted by molar-refractivity contribution is 5.66. The number of amides is 1. The molecule has 94 valence electrons. The number of non-ortho nitro benzene ring substituents is 1. The van der Waals surface area contributed by atoms with Gasteiger partial charge < -0.3 is 10.1 Å². The molecule has 0 aromatic heterocycles. The zero-order valence-electron chi connectivity index (χ0n) is 10.1. The second-order valence-electron chi connectivity index (χ2n) is 3.06. The van der Waals surface area contributed by atoms with E-state index in [1.165, 1.54) is 19.2 Å². The van der Waals surface area contributed by atoms with Gasteiger partial charge in [0.25, 0.3) is 5.69 Å². The van der Waals surface area contributed by atoms with Crippen molar-refractivity contribution < 1.29 is 14.5 Å². The standard InChI is InChI=1S/C7H7NO2.C4H9NO2/c1-6-2-4-7(5-3-6)8(9)10;1-3-7-4(6)5-2/h2-5H,1H3;3H2,1-2H3,(H,5,6). The summed E-state index contributed by atoms with van der Waals surface area (Å²) in [5, 5.41) is 12.4. The minimum Gasteiger partial charge on any atom is -0.450 e. The summed E-state index contributed by atoms with van der Waals surface area (Å²) < 4.78 is 4.44. The maximum absolute atomic E-state index is 10.1. The average Bonchev–Trinajstić information content (AvgIpc) is 2.30. The number of aryl methyl sites for hydroxylation is 1. The average molecular weight is 240 g/mol. The number of rotatable bonds is 2. The lowest BCUT2D eigenvalue weighted by atomic mass is 10.2. The van der Waals surface area contributed by atoms with Crippen LogP contribution in [0.1, 0.15) is 12.5 Å². The maximum atomic E-state index is 10.1. The van der Waals surface area contributed by atoms with Gasteiger partial charge in [0.1, 0.15) is 0 Å². The van der Waals surface area contributed by atoms with Gasteiger partial charge in [-0.15, -0.1) is 0 Å². The molecular weight excluding hydrogens is 224 g/mol. The first-order valence-electron chi connectivity index (χ1n) is 5.06. The molecule has 0 aliphatic carbocycles. The molecule has 1 N–H and O–H groups in total. The second-order valence-corrected chi connectivity index (χ2v) is 3.06. The van der Waals surface area contributed by atoms with E-state index in [0.29, 0.717) is 6.61 Å². The number of nitro benzene ring substituents is 1. The largest absolute Gasteiger partial charge is 0.450 e. The summed E-state index contributed by atoms with van der Waals surface area (Å²) in [4.78, 5) is 19.8. The van der Waals surface area contributed by atoms with Gasteiger partial charge in [0.05, 0.1) is 11.5 Å². The molecule has 0 spiro atoms. The molecule has 0 unspecified atom stereocenters. The summed E-state index contributed by atoms with van der Waals surface area (Å²) >= 11 is 0. The van der Waals surface area contributed by atoms with Crippen LogP contribution in [0.5, 0.6) is 0 Å². The molecule has 17 heavy (non-hydrogen) atoms. The number of nitrogens with zero attached hydrogens (tertiary/aromatic N) is 1. The number of ether oxygens (including phenoxy) is 1. The molecule has 1 aromatic carbocycles. The van der Waals surface area contributed by atoms with E-state index in [0.717, 1.165) is 5.56 Å². The van der Waals surface area contributed by atoms with Gasteiger partial charge in [0, 0.05) is 19.2 Å². The zero-order chi connectivity index (χ0) is 13.3. The van der Waals surface area contributed by atoms with E-state index >= 15 is 0 Å². The number of carbonyl (C=O) groups is 1. The molecule has 6 heteroatoms. The Hall–Kier alpha value is -2.11. The Morgan fingerprint density at radius 2 is 1.94 bits per heavy atom. The van der Waals surface area contributed by atoms with E-state index < -0.39 is 4.92 Å². The van der Waals surface area contributed by atoms with Crippen LogP contribution in [0.15, 0.2) is 24.3 Å². The Morgan fingerprint density at radius 3 is 2.24 bits per heavy atom. The van der Waals surface area contributed by atoms with Gasteiger partial charge in [-0.25, -0.2) is 4.79 Å². The van der Waals surface area contributed by atoms with Crippen LogP contribution in [0.25, 0.3) is 0 Å². The van der Waals surface area contributed by atoms with E-state index in [4.69, 9.17) is 0 Å². The summed E-state index contributed by atoms with van der Waals surface area (Å²) in [5.41, 5.74) is 1.18. The summed E-state index contributed by atoms with van der Waals surface area (Å²) in [6.07, 6.45) is -0.373. The minimum atomic E-state index is -0.403. The van der Waals surface area contributed by atoms with Crippen LogP contribution in [0.3, 0.4) is 0 Å². The molecule has 0 atom stereocenters. The summed E-state index contributed by atoms with van der Waals surface area (Å²) in [6, 6.07) is 6.43. The van der Waals surface area contributed by atoms with Crippen LogP contribution < -0.4 is 5.32 Å². The molecule has 0 aliphatic heterocycles. The quantitative estimate of drug-likeness (QED) is 0.635. The van der Waals surface area contributed by atoms with Gasteiger partial charge in [-0.2, -0.15) is 0 Å². The first-order valence-corrected chi connectivity index (χ1v) is 5.06. The van der Waals surface area contributed by atoms with Gasteiger partial charge in [0.2, 0.25) is 0 Å². The number of nitro groups is 1. The van der Waals surface area contributed by atoms with Gasteiger partial charge in [-0.05, 0) is 13.8 Å². The van der Waals surface area contributed by atoms with Crippen LogP contribution in [-0.2, 0) is 4.74 Å². The lowest BCUT2D eigenvalue weighted by Gasteiger charge is -1.95. The molecule has 0 heterocycles. The first kappa shape index (κ1) is 14.9. The molecule has 6 nitrogen and oxygen atoms in total. The highest BCUT2D eigenvalue weighted by Crippen LogP contribution is 2.10. The van der Waals surface area contributed by atoms with Crippen molar-refractivity contribution in [2.45, 2.75) is 13.8 Å². The van der Waals surface area contributed by atoms with Crippen LogP contribution >= 0.6 is 0 Å². The van der Waals surface area contributed by atoms with Crippen molar-refractivity contribution in [1.82, 2.24) is 5.32 Å². The number of hydrogen-bond donors (Lipinski definition) is 1. The van der Waals surface area contributed by atoms with Crippen LogP contribution in [0.2, 0.25) is 0 Å². The van der Waals surface area contributed by atoms with Gasteiger partial charge >= 0.3 is 6.09 Å². The predicted octanol–water partition coefficient (Wildman–Crippen LogP) is 2.27. The van der Waals surface area contributed by atoms with Crippen molar-refractivity contribution in [1.29, 1.82) is 0 Å². The number of benzene rings is 1. The summed E-state index contributed by atoms with van der Waals surface area (Å²) in [7, 11) is 1.53. The van der Waals surface area contributed by atoms with Crippen molar-refractivity contribution in [2.24, 2.45) is 0 Å². The first-order chi connectivity index (χ1) is 8.01. The SMILES string of the molecule is CCOC(=O)NC.Cc1ccc([N+](=O)[O-])cc1. The maximum Gasteiger partial charge on any atom is 0.406 e. The monoisotopic (exact) mass is 240 g/mol. The van der Waals surface area contributed by atoms with E-state index in [9.17, 15) is 14.9 Å². The van der Waals surface area contributed by atoms with Crippen molar-refractivity contribution in [3.8, 4) is 0 Å². The van der Waals surface area contributed by atoms with Crippen molar-refractivity contribution >= 4 is 11.8 Å². The third-order valence-corrected chi connectivity index (χ3v) is 1.72. The summed E-state index contributed by atoms with van der Waals surface area (Å²) in [5.74, 6) is 0. The highest BCUT2D eigenvalue weighted by atomic mass is 16.6. The van der Waals surface area contributed by atoms with Crippen LogP contribution in [0.4, 0.5) is 10.5 Å². The fourth-order valence-electron chi connectivity index (χ4n) is 0.870. The Bertz CT molecular complexity index is 362. The molecule has 0 fully saturated rings. The lowest BCUT2D eigenvalue weighted by molar-refractivity contribution is -0.384. The van der Waals surface area contributed by atoms with E-state index in [2.05, 4.69) is 10.1 Å². The molecule has 0 aliphatic rings. The number of hydrogen-bond acceptors (Lipinski definition) is 4. The van der Waals surface area contributed by atoms with Crippen LogP contribution in [-0.4, -0.2) is 24.7 Å². The fourth-order valence-corrected chi connectivity index (χ4v) is 0.870. The van der Waals surface area contributed by atoms with Gasteiger partial charge in [-0.1, -0.05) is 17.7 Å². The molecule has 1 amide bonds. The Morgan fingerprint density at radius 1 is 1.41 bits per heavy atom. The summed E-state index contributed by atoms with van der Waals surface area (Å²) in [6.45, 7) is 4.08. The zero-order valence-corrected chi connectivity index (χ0v) is 10.1. The Kier molecular flexibility index (Phi) is 7.09. The second kappa shape index (κ2) is 8.09. The topological polar surface area (TPSA) is 81.5 Å². The smallest absolute Gasteiger partial charge is 0.406 e. The van der Waals surface area contributed by atoms with Gasteiger partial charge in [-0.3, -0.25) is 10.1 Å². The van der Waals surface area contributed by atoms with E-state index in [-0.39, 0.29) is 11.8 Å². The van der Waals surface area contributed by atoms with Crippen molar-refractivity contribution in [2.75, 3.05) is 13.7 Å². The van der Waals surface area contributed by atoms with E-state index in [1.807, 2.05) is 6.92 Å². The third-order valence-electron chi connectivity index (χ3n) is 1.72. The van der Waals surface area contributed by atoms with Crippen molar-refractivity contribution in [3.63, 3.8) is 0 Å². The molecule has 0 saturated carbocycles. The third kappa shape index (κ3) is 6.88. The number of alkyl carbamates (subject to hydrolysis) is 1. The molecule has 0 radical (unpaired) electrons. The van der Waals surface area contributed by atoms with Crippen LogP contribution in [0, 0.1) is 17.0 Å². The molecule has 1 rings (SSSR count). The molecule has 1 aromatic rings. The minimum absolute atomic E-state index is 0.144. The number of carbonyl (C=O) groups excluding carboxylic acids is 1. The lowest BCUT2D eigenvalue weighted by Crippen LogP contribution is -2.18. The Balaban J connectivity index is 0.000000325. The van der Waals surface area contributed by atoms with Crippen molar-refractivity contribution in [3.05, 3.63) is 39.9 Å². The predicted molar refractivity (Wildman–Crippen MR) is 63.9 cm³/mol. The molecule has 0 saturated heterocycles. The fraction of sp³-hybridized carbons (Fsp3) is 0.364. The molecule has 0 bridgehead atoms.